The SMILES string of the molecule is O=C(OC[C@H]1OC(N2C=NC3C(Cl)=NC=NC32)[C@H](OC(=O)c2ccccc2)C[C@@H](OC(=O)c2ccccc2)[C@@H]1On1nnc2ccccc21)c1ccccc1. The third-order valence-electron chi connectivity index (χ3n) is 9.18. The zero-order valence-corrected chi connectivity index (χ0v) is 29.6. The molecule has 1 saturated heterocycles. The first-order valence-corrected chi connectivity index (χ1v) is 17.7. The van der Waals surface area contributed by atoms with E-state index in [1.54, 1.807) is 120 Å². The molecule has 1 aromatic heterocycles. The van der Waals surface area contributed by atoms with Crippen LogP contribution in [0, 0.1) is 0 Å². The van der Waals surface area contributed by atoms with Gasteiger partial charge in [-0.15, -0.1) is 5.10 Å². The summed E-state index contributed by atoms with van der Waals surface area (Å²) in [5.41, 5.74) is 1.87. The quantitative estimate of drug-likeness (QED) is 0.146. The van der Waals surface area contributed by atoms with Gasteiger partial charge in [0.2, 0.25) is 0 Å². The second-order valence-electron chi connectivity index (χ2n) is 12.7. The van der Waals surface area contributed by atoms with Gasteiger partial charge in [-0.2, -0.15) is 0 Å². The monoisotopic (exact) mass is 761 g/mol. The molecular weight excluding hydrogens is 730 g/mol. The molecule has 55 heavy (non-hydrogen) atoms. The molecule has 3 aliphatic heterocycles. The second-order valence-corrected chi connectivity index (χ2v) is 13.1. The molecule has 4 heterocycles. The molecule has 16 heteroatoms. The van der Waals surface area contributed by atoms with Gasteiger partial charge in [0.05, 0.1) is 23.0 Å². The topological polar surface area (TPSA) is 168 Å². The van der Waals surface area contributed by atoms with Crippen LogP contribution >= 0.6 is 11.6 Å². The zero-order valence-electron chi connectivity index (χ0n) is 28.9. The summed E-state index contributed by atoms with van der Waals surface area (Å²) >= 11 is 6.46. The lowest BCUT2D eigenvalue weighted by Gasteiger charge is -2.37. The standard InChI is InChI=1S/C39H32ClN7O8/c40-34-32-35(42-22-41-34)46(23-43-32)36-30(54-39(50)26-16-8-3-9-17-26)20-29(53-38(49)25-14-6-2-7-15-25)33(55-47-28-19-11-10-18-27(28)44-45-47)31(52-36)21-51-37(48)24-12-4-1-5-13-24/h1-19,22-23,29-33,35-36H,20-21H2/t29-,30-,31-,32?,33+,35?,36?/m1/s1. The molecule has 3 unspecified atom stereocenters. The number of esters is 3. The Morgan fingerprint density at radius 3 is 2.02 bits per heavy atom. The van der Waals surface area contributed by atoms with Crippen molar-refractivity contribution in [3.8, 4) is 0 Å². The van der Waals surface area contributed by atoms with Crippen LogP contribution in [0.5, 0.6) is 0 Å². The molecular formula is C39H32ClN7O8. The van der Waals surface area contributed by atoms with Crippen molar-refractivity contribution < 1.29 is 38.2 Å². The van der Waals surface area contributed by atoms with Crippen molar-refractivity contribution in [2.75, 3.05) is 6.61 Å². The number of fused-ring (bicyclic) bond motifs is 2. The zero-order chi connectivity index (χ0) is 37.7. The molecule has 0 spiro atoms. The van der Waals surface area contributed by atoms with Crippen LogP contribution in [-0.2, 0) is 18.9 Å². The minimum atomic E-state index is -1.24. The van der Waals surface area contributed by atoms with Crippen molar-refractivity contribution in [1.82, 2.24) is 20.1 Å². The van der Waals surface area contributed by atoms with Gasteiger partial charge in [0.1, 0.15) is 47.4 Å². The van der Waals surface area contributed by atoms with E-state index < -0.39 is 67.4 Å². The predicted molar refractivity (Wildman–Crippen MR) is 199 cm³/mol. The molecule has 3 aliphatic rings. The summed E-state index contributed by atoms with van der Waals surface area (Å²) in [5.74, 6) is -1.99. The van der Waals surface area contributed by atoms with Crippen LogP contribution in [0.2, 0.25) is 0 Å². The Morgan fingerprint density at radius 1 is 0.745 bits per heavy atom. The maximum Gasteiger partial charge on any atom is 0.338 e. The lowest BCUT2D eigenvalue weighted by Crippen LogP contribution is -2.53. The molecule has 7 atom stereocenters. The molecule has 0 radical (unpaired) electrons. The Labute approximate surface area is 318 Å². The number of carbonyl (C=O) groups excluding carboxylic acids is 3. The first-order chi connectivity index (χ1) is 26.9. The van der Waals surface area contributed by atoms with Crippen LogP contribution < -0.4 is 4.84 Å². The normalized spacial score (nSPS) is 24.3. The Balaban J connectivity index is 1.22. The van der Waals surface area contributed by atoms with Gasteiger partial charge in [0.25, 0.3) is 0 Å². The van der Waals surface area contributed by atoms with Gasteiger partial charge in [-0.05, 0) is 53.7 Å². The number of ether oxygens (including phenoxy) is 4. The molecule has 15 nitrogen and oxygen atoms in total. The number of aromatic nitrogens is 3. The summed E-state index contributed by atoms with van der Waals surface area (Å²) in [5, 5.41) is 8.63. The fraction of sp³-hybridized carbons (Fsp3) is 0.231. The van der Waals surface area contributed by atoms with Gasteiger partial charge in [-0.3, -0.25) is 4.99 Å². The van der Waals surface area contributed by atoms with Crippen LogP contribution in [0.25, 0.3) is 11.0 Å². The largest absolute Gasteiger partial charge is 0.459 e. The lowest BCUT2D eigenvalue weighted by molar-refractivity contribution is -0.175. The Kier molecular flexibility index (Phi) is 10.3. The van der Waals surface area contributed by atoms with E-state index in [1.807, 2.05) is 0 Å². The minimum absolute atomic E-state index is 0.157. The smallest absolute Gasteiger partial charge is 0.338 e. The molecule has 0 aliphatic carbocycles. The number of rotatable bonds is 10. The van der Waals surface area contributed by atoms with E-state index in [4.69, 9.17) is 35.4 Å². The summed E-state index contributed by atoms with van der Waals surface area (Å²) in [6, 6.07) is 31.7. The highest BCUT2D eigenvalue weighted by Crippen LogP contribution is 2.33. The van der Waals surface area contributed by atoms with Crippen molar-refractivity contribution in [3.63, 3.8) is 0 Å². The van der Waals surface area contributed by atoms with Crippen LogP contribution in [0.1, 0.15) is 37.5 Å². The molecule has 278 valence electrons. The molecule has 5 aromatic rings. The highest BCUT2D eigenvalue weighted by molar-refractivity contribution is 6.67. The van der Waals surface area contributed by atoms with Gasteiger partial charge >= 0.3 is 17.9 Å². The Bertz CT molecular complexity index is 2260. The van der Waals surface area contributed by atoms with E-state index in [-0.39, 0.29) is 22.7 Å². The molecule has 0 amide bonds. The highest BCUT2D eigenvalue weighted by Gasteiger charge is 2.51. The average Bonchev–Trinajstić information content (AvgIpc) is 3.82. The number of carbonyl (C=O) groups is 3. The summed E-state index contributed by atoms with van der Waals surface area (Å²) in [4.78, 5) is 63.5. The molecule has 8 rings (SSSR count). The number of hydrogen-bond donors (Lipinski definition) is 0. The highest BCUT2D eigenvalue weighted by atomic mass is 35.5. The van der Waals surface area contributed by atoms with Crippen LogP contribution in [0.4, 0.5) is 0 Å². The fourth-order valence-electron chi connectivity index (χ4n) is 6.48. The minimum Gasteiger partial charge on any atom is -0.459 e. The summed E-state index contributed by atoms with van der Waals surface area (Å²) in [6.45, 7) is -0.398. The first kappa shape index (κ1) is 35.6. The molecule has 0 N–H and O–H groups in total. The van der Waals surface area contributed by atoms with Gasteiger partial charge < -0.3 is 28.7 Å². The van der Waals surface area contributed by atoms with E-state index in [9.17, 15) is 14.4 Å². The summed E-state index contributed by atoms with van der Waals surface area (Å²) in [6.07, 6.45) is -4.04. The first-order valence-electron chi connectivity index (χ1n) is 17.4. The van der Waals surface area contributed by atoms with E-state index in [0.29, 0.717) is 16.6 Å². The van der Waals surface area contributed by atoms with Crippen LogP contribution in [0.3, 0.4) is 0 Å². The third kappa shape index (κ3) is 7.65. The third-order valence-corrected chi connectivity index (χ3v) is 9.50. The van der Waals surface area contributed by atoms with E-state index in [2.05, 4.69) is 25.3 Å². The molecule has 0 saturated carbocycles. The van der Waals surface area contributed by atoms with E-state index in [1.165, 1.54) is 17.5 Å². The maximum atomic E-state index is 13.8. The van der Waals surface area contributed by atoms with Crippen molar-refractivity contribution in [3.05, 3.63) is 132 Å². The van der Waals surface area contributed by atoms with Crippen molar-refractivity contribution in [2.24, 2.45) is 15.0 Å². The summed E-state index contributed by atoms with van der Waals surface area (Å²) in [7, 11) is 0. The molecule has 4 aromatic carbocycles. The van der Waals surface area contributed by atoms with Crippen LogP contribution in [0.15, 0.2) is 130 Å². The van der Waals surface area contributed by atoms with E-state index in [0.717, 1.165) is 0 Å². The molecule has 0 bridgehead atoms. The maximum absolute atomic E-state index is 13.8. The van der Waals surface area contributed by atoms with Gasteiger partial charge in [-0.25, -0.2) is 24.4 Å². The predicted octanol–water partition coefficient (Wildman–Crippen LogP) is 4.37. The number of hydrogen-bond acceptors (Lipinski definition) is 14. The lowest BCUT2D eigenvalue weighted by atomic mass is 10.0. The Morgan fingerprint density at radius 2 is 1.35 bits per heavy atom. The Hall–Kier alpha value is -6.45. The van der Waals surface area contributed by atoms with Gasteiger partial charge in [0.15, 0.2) is 24.6 Å². The van der Waals surface area contributed by atoms with Crippen LogP contribution in [-0.4, -0.2) is 105 Å². The second kappa shape index (κ2) is 15.9. The number of halogens is 1. The van der Waals surface area contributed by atoms with Crippen molar-refractivity contribution in [2.45, 2.75) is 49.3 Å². The number of para-hydroxylation sites is 1. The van der Waals surface area contributed by atoms with Gasteiger partial charge in [0, 0.05) is 6.42 Å². The van der Waals surface area contributed by atoms with Crippen molar-refractivity contribution >= 4 is 58.4 Å². The van der Waals surface area contributed by atoms with Gasteiger partial charge in [-0.1, -0.05) is 83.2 Å². The number of benzene rings is 4. The number of nitrogens with zero attached hydrogens (tertiary/aromatic N) is 7. The fourth-order valence-corrected chi connectivity index (χ4v) is 6.69. The summed E-state index contributed by atoms with van der Waals surface area (Å²) < 4.78 is 25.2. The average molecular weight is 762 g/mol. The number of aliphatic imine (C=N–C) groups is 3. The van der Waals surface area contributed by atoms with E-state index >= 15 is 0 Å². The van der Waals surface area contributed by atoms with Crippen molar-refractivity contribution in [1.29, 1.82) is 0 Å². The molecule has 1 fully saturated rings.